The molecule has 2 rings (SSSR count). The van der Waals surface area contributed by atoms with Crippen molar-refractivity contribution >= 4 is 19.2 Å². The van der Waals surface area contributed by atoms with E-state index in [0.717, 1.165) is 32.0 Å². The lowest BCUT2D eigenvalue weighted by Crippen LogP contribution is -2.43. The van der Waals surface area contributed by atoms with Crippen LogP contribution in [0.25, 0.3) is 0 Å². The minimum Gasteiger partial charge on any atom is -0.481 e. The molecule has 5 heteroatoms. The number of hydrogen-bond acceptors (Lipinski definition) is 2. The van der Waals surface area contributed by atoms with E-state index in [1.807, 2.05) is 0 Å². The first-order chi connectivity index (χ1) is 7.65. The number of amides is 1. The first kappa shape index (κ1) is 11.5. The van der Waals surface area contributed by atoms with E-state index in [2.05, 4.69) is 12.6 Å². The zero-order chi connectivity index (χ0) is 11.5. The molecule has 0 aromatic carbocycles. The summed E-state index contributed by atoms with van der Waals surface area (Å²) in [6.45, 7) is 0. The SMILES string of the molecule is O=C(O)CC1C[B]C(NC(=O)C2CC2)CC1. The number of rotatable bonds is 4. The molecule has 4 nitrogen and oxygen atoms in total. The smallest absolute Gasteiger partial charge is 0.303 e. The highest BCUT2D eigenvalue weighted by atomic mass is 16.4. The summed E-state index contributed by atoms with van der Waals surface area (Å²) < 4.78 is 0. The van der Waals surface area contributed by atoms with Crippen LogP contribution in [0.1, 0.15) is 32.1 Å². The quantitative estimate of drug-likeness (QED) is 0.693. The van der Waals surface area contributed by atoms with Crippen molar-refractivity contribution < 1.29 is 14.7 Å². The summed E-state index contributed by atoms with van der Waals surface area (Å²) >= 11 is 0. The van der Waals surface area contributed by atoms with Gasteiger partial charge in [0, 0.05) is 12.3 Å². The van der Waals surface area contributed by atoms with Crippen molar-refractivity contribution in [3.8, 4) is 0 Å². The number of nitrogens with one attached hydrogen (secondary N) is 1. The van der Waals surface area contributed by atoms with Gasteiger partial charge in [0.05, 0.1) is 0 Å². The fourth-order valence-corrected chi connectivity index (χ4v) is 2.22. The third-order valence-corrected chi connectivity index (χ3v) is 3.38. The molecule has 16 heavy (non-hydrogen) atoms. The average Bonchev–Trinajstić information content (AvgIpc) is 3.03. The third-order valence-electron chi connectivity index (χ3n) is 3.38. The Balaban J connectivity index is 1.68. The van der Waals surface area contributed by atoms with Gasteiger partial charge < -0.3 is 10.4 Å². The van der Waals surface area contributed by atoms with Crippen LogP contribution in [0.3, 0.4) is 0 Å². The fourth-order valence-electron chi connectivity index (χ4n) is 2.22. The molecule has 1 saturated carbocycles. The van der Waals surface area contributed by atoms with Gasteiger partial charge in [0.2, 0.25) is 5.91 Å². The van der Waals surface area contributed by atoms with Gasteiger partial charge >= 0.3 is 5.97 Å². The van der Waals surface area contributed by atoms with Crippen molar-refractivity contribution in [2.45, 2.75) is 44.4 Å². The van der Waals surface area contributed by atoms with E-state index in [1.54, 1.807) is 0 Å². The van der Waals surface area contributed by atoms with Gasteiger partial charge in [-0.3, -0.25) is 9.59 Å². The first-order valence-corrected chi connectivity index (χ1v) is 6.00. The number of carboxylic acid groups (broad SMARTS) is 1. The van der Waals surface area contributed by atoms with Gasteiger partial charge in [-0.05, 0) is 37.5 Å². The van der Waals surface area contributed by atoms with E-state index < -0.39 is 5.97 Å². The molecule has 2 N–H and O–H groups in total. The fraction of sp³-hybridized carbons (Fsp3) is 0.818. The number of carboxylic acids is 1. The zero-order valence-electron chi connectivity index (χ0n) is 9.32. The maximum absolute atomic E-state index is 11.5. The Hall–Kier alpha value is -0.995. The lowest BCUT2D eigenvalue weighted by atomic mass is 9.56. The van der Waals surface area contributed by atoms with E-state index in [9.17, 15) is 9.59 Å². The molecule has 0 bridgehead atoms. The minimum absolute atomic E-state index is 0.165. The molecule has 1 amide bonds. The highest BCUT2D eigenvalue weighted by molar-refractivity contribution is 6.38. The van der Waals surface area contributed by atoms with Crippen LogP contribution in [0, 0.1) is 11.8 Å². The Kier molecular flexibility index (Phi) is 3.51. The van der Waals surface area contributed by atoms with Gasteiger partial charge in [0.25, 0.3) is 0 Å². The molecule has 2 aliphatic rings. The van der Waals surface area contributed by atoms with Gasteiger partial charge in [-0.1, -0.05) is 6.32 Å². The molecule has 1 radical (unpaired) electrons. The molecule has 0 spiro atoms. The molecule has 87 valence electrons. The highest BCUT2D eigenvalue weighted by Gasteiger charge is 2.32. The average molecular weight is 222 g/mol. The van der Waals surface area contributed by atoms with Crippen LogP contribution < -0.4 is 5.32 Å². The summed E-state index contributed by atoms with van der Waals surface area (Å²) in [7, 11) is 2.07. The van der Waals surface area contributed by atoms with Gasteiger partial charge in [0.15, 0.2) is 0 Å². The molecule has 1 aliphatic carbocycles. The lowest BCUT2D eigenvalue weighted by molar-refractivity contribution is -0.138. The summed E-state index contributed by atoms with van der Waals surface area (Å²) in [5, 5.41) is 11.7. The summed E-state index contributed by atoms with van der Waals surface area (Å²) in [5.74, 6) is 0.131. The number of hydrogen-bond donors (Lipinski definition) is 2. The lowest BCUT2D eigenvalue weighted by Gasteiger charge is -2.27. The monoisotopic (exact) mass is 222 g/mol. The van der Waals surface area contributed by atoms with Crippen molar-refractivity contribution in [3.05, 3.63) is 0 Å². The second-order valence-electron chi connectivity index (χ2n) is 4.90. The van der Waals surface area contributed by atoms with Crippen molar-refractivity contribution in [3.63, 3.8) is 0 Å². The first-order valence-electron chi connectivity index (χ1n) is 6.00. The predicted molar refractivity (Wildman–Crippen MR) is 60.2 cm³/mol. The van der Waals surface area contributed by atoms with Crippen LogP contribution in [0.4, 0.5) is 0 Å². The van der Waals surface area contributed by atoms with Gasteiger partial charge in [-0.25, -0.2) is 0 Å². The number of aliphatic carboxylic acids is 1. The number of carbonyl (C=O) groups is 2. The number of carbonyl (C=O) groups excluding carboxylic acids is 1. The Morgan fingerprint density at radius 1 is 1.25 bits per heavy atom. The largest absolute Gasteiger partial charge is 0.481 e. The molecule has 0 aromatic rings. The Bertz CT molecular complexity index is 283. The zero-order valence-corrected chi connectivity index (χ0v) is 9.32. The molecule has 2 unspecified atom stereocenters. The Morgan fingerprint density at radius 2 is 2.00 bits per heavy atom. The van der Waals surface area contributed by atoms with Gasteiger partial charge in [0.1, 0.15) is 7.28 Å². The van der Waals surface area contributed by atoms with Crippen LogP contribution in [0.15, 0.2) is 0 Å². The van der Waals surface area contributed by atoms with E-state index in [4.69, 9.17) is 5.11 Å². The summed E-state index contributed by atoms with van der Waals surface area (Å²) in [6.07, 6.45) is 4.90. The van der Waals surface area contributed by atoms with Crippen molar-refractivity contribution in [2.75, 3.05) is 0 Å². The van der Waals surface area contributed by atoms with Crippen molar-refractivity contribution in [1.82, 2.24) is 5.32 Å². The predicted octanol–water partition coefficient (Wildman–Crippen LogP) is 0.846. The van der Waals surface area contributed by atoms with Crippen molar-refractivity contribution in [1.29, 1.82) is 0 Å². The minimum atomic E-state index is -0.723. The summed E-state index contributed by atoms with van der Waals surface area (Å²) in [5.41, 5.74) is 0. The normalized spacial score (nSPS) is 29.2. The maximum atomic E-state index is 11.5. The molecule has 0 aromatic heterocycles. The second-order valence-corrected chi connectivity index (χ2v) is 4.90. The standard InChI is InChI=1S/C11H17BNO3/c14-10(15)5-7-1-4-9(12-6-7)13-11(16)8-2-3-8/h7-9H,1-6H2,(H,13,16)(H,14,15). The Morgan fingerprint density at radius 3 is 2.50 bits per heavy atom. The van der Waals surface area contributed by atoms with E-state index in [-0.39, 0.29) is 30.1 Å². The van der Waals surface area contributed by atoms with Gasteiger partial charge in [-0.15, -0.1) is 0 Å². The molecule has 1 heterocycles. The molecule has 2 atom stereocenters. The molecule has 1 saturated heterocycles. The van der Waals surface area contributed by atoms with Crippen molar-refractivity contribution in [2.24, 2.45) is 11.8 Å². The summed E-state index contributed by atoms with van der Waals surface area (Å²) in [4.78, 5) is 22.0. The van der Waals surface area contributed by atoms with Crippen LogP contribution in [0.5, 0.6) is 0 Å². The van der Waals surface area contributed by atoms with Crippen LogP contribution in [0.2, 0.25) is 6.32 Å². The Labute approximate surface area is 96.0 Å². The molecular weight excluding hydrogens is 205 g/mol. The van der Waals surface area contributed by atoms with Gasteiger partial charge in [-0.2, -0.15) is 0 Å². The molecule has 1 aliphatic heterocycles. The second kappa shape index (κ2) is 4.89. The van der Waals surface area contributed by atoms with Crippen LogP contribution in [-0.2, 0) is 9.59 Å². The highest BCUT2D eigenvalue weighted by Crippen LogP contribution is 2.30. The summed E-state index contributed by atoms with van der Waals surface area (Å²) in [6, 6.07) is 0. The third kappa shape index (κ3) is 3.25. The van der Waals surface area contributed by atoms with Crippen LogP contribution in [-0.4, -0.2) is 30.2 Å². The molecular formula is C11H17BNO3. The van der Waals surface area contributed by atoms with E-state index in [1.165, 1.54) is 0 Å². The molecule has 2 fully saturated rings. The van der Waals surface area contributed by atoms with Crippen LogP contribution >= 0.6 is 0 Å². The van der Waals surface area contributed by atoms with E-state index >= 15 is 0 Å². The van der Waals surface area contributed by atoms with E-state index in [0.29, 0.717) is 0 Å². The maximum Gasteiger partial charge on any atom is 0.303 e. The topological polar surface area (TPSA) is 66.4 Å².